The van der Waals surface area contributed by atoms with Crippen molar-refractivity contribution in [3.63, 3.8) is 0 Å². The monoisotopic (exact) mass is 288 g/mol. The Bertz CT molecular complexity index is 599. The minimum atomic E-state index is -0.715. The average Bonchev–Trinajstić information content (AvgIpc) is 2.48. The van der Waals surface area contributed by atoms with E-state index in [4.69, 9.17) is 0 Å². The molecule has 0 fully saturated rings. The van der Waals surface area contributed by atoms with Crippen molar-refractivity contribution in [3.8, 4) is 0 Å². The van der Waals surface area contributed by atoms with E-state index in [1.807, 2.05) is 25.1 Å². The summed E-state index contributed by atoms with van der Waals surface area (Å²) in [5.41, 5.74) is 2.99. The molecule has 112 valence electrons. The van der Waals surface area contributed by atoms with Crippen LogP contribution in [-0.2, 0) is 6.54 Å². The molecular formula is C17H21FN2O. The number of pyridine rings is 1. The maximum Gasteiger partial charge on any atom is 0.126 e. The number of anilines is 1. The Kier molecular flexibility index (Phi) is 4.91. The van der Waals surface area contributed by atoms with Crippen LogP contribution >= 0.6 is 0 Å². The predicted octanol–water partition coefficient (Wildman–Crippen LogP) is 3.61. The third kappa shape index (κ3) is 3.58. The first kappa shape index (κ1) is 15.4. The fourth-order valence-corrected chi connectivity index (χ4v) is 2.34. The van der Waals surface area contributed by atoms with Crippen molar-refractivity contribution < 1.29 is 9.50 Å². The Hall–Kier alpha value is -1.94. The van der Waals surface area contributed by atoms with Crippen LogP contribution in [0, 0.1) is 12.7 Å². The number of aliphatic hydroxyl groups is 1. The molecular weight excluding hydrogens is 267 g/mol. The van der Waals surface area contributed by atoms with E-state index in [0.29, 0.717) is 17.7 Å². The molecule has 0 saturated heterocycles. The summed E-state index contributed by atoms with van der Waals surface area (Å²) >= 11 is 0. The molecule has 0 bridgehead atoms. The third-order valence-corrected chi connectivity index (χ3v) is 3.56. The van der Waals surface area contributed by atoms with Crippen molar-refractivity contribution >= 4 is 5.69 Å². The van der Waals surface area contributed by atoms with Crippen LogP contribution in [0.2, 0.25) is 0 Å². The van der Waals surface area contributed by atoms with E-state index in [1.165, 1.54) is 6.07 Å². The lowest BCUT2D eigenvalue weighted by Crippen LogP contribution is -2.24. The first-order chi connectivity index (χ1) is 10.0. The molecule has 1 N–H and O–H groups in total. The molecule has 2 aromatic rings. The van der Waals surface area contributed by atoms with Gasteiger partial charge in [-0.2, -0.15) is 0 Å². The topological polar surface area (TPSA) is 36.4 Å². The van der Waals surface area contributed by atoms with Crippen molar-refractivity contribution in [2.24, 2.45) is 0 Å². The normalized spacial score (nSPS) is 12.2. The van der Waals surface area contributed by atoms with Gasteiger partial charge in [-0.25, -0.2) is 4.39 Å². The number of halogens is 1. The number of hydrogen-bond donors (Lipinski definition) is 1. The van der Waals surface area contributed by atoms with Crippen LogP contribution in [0.15, 0.2) is 36.5 Å². The molecule has 0 aliphatic carbocycles. The van der Waals surface area contributed by atoms with Crippen molar-refractivity contribution in [2.75, 3.05) is 11.4 Å². The summed E-state index contributed by atoms with van der Waals surface area (Å²) in [7, 11) is 0. The van der Waals surface area contributed by atoms with E-state index in [1.54, 1.807) is 26.1 Å². The van der Waals surface area contributed by atoms with Crippen molar-refractivity contribution in [2.45, 2.75) is 33.4 Å². The summed E-state index contributed by atoms with van der Waals surface area (Å²) in [4.78, 5) is 6.42. The summed E-state index contributed by atoms with van der Waals surface area (Å²) in [6.45, 7) is 6.80. The van der Waals surface area contributed by atoms with Crippen molar-refractivity contribution in [1.82, 2.24) is 4.98 Å². The molecule has 0 aliphatic heterocycles. The van der Waals surface area contributed by atoms with Crippen LogP contribution in [0.4, 0.5) is 10.1 Å². The lowest BCUT2D eigenvalue weighted by Gasteiger charge is -2.27. The predicted molar refractivity (Wildman–Crippen MR) is 82.7 cm³/mol. The first-order valence-corrected chi connectivity index (χ1v) is 7.16. The molecule has 1 aromatic carbocycles. The maximum absolute atomic E-state index is 13.8. The highest BCUT2D eigenvalue weighted by Gasteiger charge is 2.16. The maximum atomic E-state index is 13.8. The van der Waals surface area contributed by atoms with Gasteiger partial charge in [-0.1, -0.05) is 6.07 Å². The van der Waals surface area contributed by atoms with E-state index in [9.17, 15) is 9.50 Å². The number of nitrogens with zero attached hydrogens (tertiary/aromatic N) is 2. The number of hydrogen-bond acceptors (Lipinski definition) is 3. The summed E-state index contributed by atoms with van der Waals surface area (Å²) in [5.74, 6) is -0.288. The van der Waals surface area contributed by atoms with Gasteiger partial charge in [0.2, 0.25) is 0 Å². The van der Waals surface area contributed by atoms with E-state index in [0.717, 1.165) is 17.9 Å². The van der Waals surface area contributed by atoms with Gasteiger partial charge in [0.25, 0.3) is 0 Å². The second-order valence-electron chi connectivity index (χ2n) is 5.17. The van der Waals surface area contributed by atoms with Crippen LogP contribution in [0.5, 0.6) is 0 Å². The highest BCUT2D eigenvalue weighted by atomic mass is 19.1. The zero-order valence-electron chi connectivity index (χ0n) is 12.7. The van der Waals surface area contributed by atoms with Gasteiger partial charge < -0.3 is 10.0 Å². The molecule has 3 nitrogen and oxygen atoms in total. The minimum absolute atomic E-state index is 0.288. The highest BCUT2D eigenvalue weighted by molar-refractivity contribution is 5.56. The smallest absolute Gasteiger partial charge is 0.126 e. The number of aliphatic hydroxyl groups excluding tert-OH is 1. The standard InChI is InChI=1S/C17H21FN2O/c1-4-20(11-14-7-5-6-8-19-14)17-9-12(2)16(18)10-15(17)13(3)21/h5-10,13,21H,4,11H2,1-3H3/t13-/m0/s1. The van der Waals surface area contributed by atoms with Gasteiger partial charge in [-0.05, 0) is 50.6 Å². The number of aryl methyl sites for hydroxylation is 1. The second kappa shape index (κ2) is 6.68. The lowest BCUT2D eigenvalue weighted by atomic mass is 10.0. The van der Waals surface area contributed by atoms with Crippen LogP contribution in [-0.4, -0.2) is 16.6 Å². The first-order valence-electron chi connectivity index (χ1n) is 7.16. The van der Waals surface area contributed by atoms with Crippen LogP contribution < -0.4 is 4.90 Å². The van der Waals surface area contributed by atoms with E-state index >= 15 is 0 Å². The summed E-state index contributed by atoms with van der Waals surface area (Å²) in [6.07, 6.45) is 1.04. The summed E-state index contributed by atoms with van der Waals surface area (Å²) in [6, 6.07) is 9.01. The zero-order valence-corrected chi connectivity index (χ0v) is 12.7. The van der Waals surface area contributed by atoms with Gasteiger partial charge in [0, 0.05) is 24.0 Å². The Morgan fingerprint density at radius 3 is 2.67 bits per heavy atom. The van der Waals surface area contributed by atoms with Crippen LogP contribution in [0.3, 0.4) is 0 Å². The summed E-state index contributed by atoms with van der Waals surface area (Å²) < 4.78 is 13.8. The molecule has 2 rings (SSSR count). The second-order valence-corrected chi connectivity index (χ2v) is 5.17. The van der Waals surface area contributed by atoms with E-state index in [-0.39, 0.29) is 5.82 Å². The number of aromatic nitrogens is 1. The molecule has 0 saturated carbocycles. The Balaban J connectivity index is 2.39. The summed E-state index contributed by atoms with van der Waals surface area (Å²) in [5, 5.41) is 9.92. The third-order valence-electron chi connectivity index (χ3n) is 3.56. The Morgan fingerprint density at radius 1 is 1.33 bits per heavy atom. The molecule has 0 radical (unpaired) electrons. The van der Waals surface area contributed by atoms with Gasteiger partial charge in [-0.3, -0.25) is 4.98 Å². The van der Waals surface area contributed by atoms with Gasteiger partial charge in [-0.15, -0.1) is 0 Å². The van der Waals surface area contributed by atoms with E-state index < -0.39 is 6.10 Å². The molecule has 4 heteroatoms. The lowest BCUT2D eigenvalue weighted by molar-refractivity contribution is 0.199. The largest absolute Gasteiger partial charge is 0.389 e. The molecule has 21 heavy (non-hydrogen) atoms. The minimum Gasteiger partial charge on any atom is -0.389 e. The SMILES string of the molecule is CCN(Cc1ccccn1)c1cc(C)c(F)cc1[C@H](C)O. The molecule has 0 spiro atoms. The number of rotatable bonds is 5. The quantitative estimate of drug-likeness (QED) is 0.913. The van der Waals surface area contributed by atoms with Crippen LogP contribution in [0.25, 0.3) is 0 Å². The van der Waals surface area contributed by atoms with Gasteiger partial charge in [0.1, 0.15) is 5.82 Å². The molecule has 0 aliphatic rings. The van der Waals surface area contributed by atoms with Crippen molar-refractivity contribution in [1.29, 1.82) is 0 Å². The molecule has 1 heterocycles. The molecule has 1 atom stereocenters. The van der Waals surface area contributed by atoms with E-state index in [2.05, 4.69) is 9.88 Å². The fourth-order valence-electron chi connectivity index (χ4n) is 2.34. The van der Waals surface area contributed by atoms with Crippen molar-refractivity contribution in [3.05, 3.63) is 59.2 Å². The fraction of sp³-hybridized carbons (Fsp3) is 0.353. The zero-order chi connectivity index (χ0) is 15.4. The molecule has 0 amide bonds. The van der Waals surface area contributed by atoms with Gasteiger partial charge in [0.15, 0.2) is 0 Å². The highest BCUT2D eigenvalue weighted by Crippen LogP contribution is 2.30. The van der Waals surface area contributed by atoms with Gasteiger partial charge >= 0.3 is 0 Å². The molecule has 0 unspecified atom stereocenters. The Morgan fingerprint density at radius 2 is 2.10 bits per heavy atom. The molecule has 1 aromatic heterocycles. The van der Waals surface area contributed by atoms with Crippen LogP contribution in [0.1, 0.15) is 36.8 Å². The average molecular weight is 288 g/mol. The van der Waals surface area contributed by atoms with Gasteiger partial charge in [0.05, 0.1) is 18.3 Å². The Labute approximate surface area is 125 Å². The number of benzene rings is 1.